The summed E-state index contributed by atoms with van der Waals surface area (Å²) in [4.78, 5) is 26.2. The van der Waals surface area contributed by atoms with E-state index in [2.05, 4.69) is 21.0 Å². The summed E-state index contributed by atoms with van der Waals surface area (Å²) in [5, 5.41) is 5.22. The summed E-state index contributed by atoms with van der Waals surface area (Å²) >= 11 is 1.71. The van der Waals surface area contributed by atoms with Crippen LogP contribution in [0.1, 0.15) is 16.9 Å². The zero-order chi connectivity index (χ0) is 18.2. The van der Waals surface area contributed by atoms with Gasteiger partial charge in [-0.15, -0.1) is 0 Å². The lowest BCUT2D eigenvalue weighted by Gasteiger charge is -2.21. The summed E-state index contributed by atoms with van der Waals surface area (Å²) in [7, 11) is 0. The number of rotatable bonds is 2. The summed E-state index contributed by atoms with van der Waals surface area (Å²) in [6, 6.07) is 13.7. The second-order valence-corrected chi connectivity index (χ2v) is 7.55. The van der Waals surface area contributed by atoms with Crippen molar-refractivity contribution < 1.29 is 4.79 Å². The van der Waals surface area contributed by atoms with Gasteiger partial charge in [0.2, 0.25) is 0 Å². The number of carbonyl (C=O) groups excluding carboxylic acids is 1. The van der Waals surface area contributed by atoms with Crippen molar-refractivity contribution in [1.29, 1.82) is 0 Å². The first-order chi connectivity index (χ1) is 13.3. The maximum atomic E-state index is 13.1. The predicted octanol–water partition coefficient (Wildman–Crippen LogP) is 2.69. The second kappa shape index (κ2) is 6.62. The van der Waals surface area contributed by atoms with Gasteiger partial charge in [0.15, 0.2) is 10.8 Å². The first-order valence-electron chi connectivity index (χ1n) is 8.98. The Hall–Kier alpha value is -3.00. The molecule has 8 heteroatoms. The summed E-state index contributed by atoms with van der Waals surface area (Å²) in [6.45, 7) is 3.07. The SMILES string of the molecule is O=C(c1cccc2ncnn12)N1CCCN(c2nc3ccccc3s2)CC1. The van der Waals surface area contributed by atoms with Crippen LogP contribution in [-0.4, -0.2) is 56.6 Å². The number of pyridine rings is 1. The van der Waals surface area contributed by atoms with E-state index in [0.29, 0.717) is 17.9 Å². The standard InChI is InChI=1S/C19H18N6OS/c26-18(15-6-3-8-17-20-13-21-25(15)17)23-9-4-10-24(12-11-23)19-22-14-5-1-2-7-16(14)27-19/h1-3,5-8,13H,4,9-12H2. The van der Waals surface area contributed by atoms with Crippen LogP contribution < -0.4 is 4.90 Å². The third-order valence-corrected chi connectivity index (χ3v) is 5.95. The molecule has 0 N–H and O–H groups in total. The lowest BCUT2D eigenvalue weighted by molar-refractivity contribution is 0.0758. The summed E-state index contributed by atoms with van der Waals surface area (Å²) in [5.41, 5.74) is 2.28. The quantitative estimate of drug-likeness (QED) is 0.537. The van der Waals surface area contributed by atoms with Gasteiger partial charge in [-0.3, -0.25) is 4.79 Å². The molecule has 0 radical (unpaired) electrons. The van der Waals surface area contributed by atoms with Gasteiger partial charge in [-0.25, -0.2) is 14.5 Å². The molecular weight excluding hydrogens is 360 g/mol. The molecule has 4 aromatic rings. The Bertz CT molecular complexity index is 1090. The maximum absolute atomic E-state index is 13.1. The van der Waals surface area contributed by atoms with Crippen LogP contribution in [-0.2, 0) is 0 Å². The molecule has 0 spiro atoms. The van der Waals surface area contributed by atoms with E-state index in [9.17, 15) is 4.79 Å². The number of aromatic nitrogens is 4. The van der Waals surface area contributed by atoms with Crippen LogP contribution in [0, 0.1) is 0 Å². The molecule has 136 valence electrons. The molecule has 1 fully saturated rings. The molecule has 1 amide bonds. The summed E-state index contributed by atoms with van der Waals surface area (Å²) < 4.78 is 2.81. The van der Waals surface area contributed by atoms with E-state index in [1.54, 1.807) is 21.9 Å². The van der Waals surface area contributed by atoms with Crippen molar-refractivity contribution in [2.45, 2.75) is 6.42 Å². The van der Waals surface area contributed by atoms with Crippen molar-refractivity contribution in [3.63, 3.8) is 0 Å². The van der Waals surface area contributed by atoms with Crippen LogP contribution >= 0.6 is 11.3 Å². The highest BCUT2D eigenvalue weighted by Crippen LogP contribution is 2.29. The number of para-hydroxylation sites is 1. The number of anilines is 1. The molecule has 27 heavy (non-hydrogen) atoms. The molecular formula is C19H18N6OS. The zero-order valence-corrected chi connectivity index (χ0v) is 15.5. The molecule has 0 bridgehead atoms. The van der Waals surface area contributed by atoms with E-state index < -0.39 is 0 Å². The fourth-order valence-corrected chi connectivity index (χ4v) is 4.49. The molecule has 1 aromatic carbocycles. The van der Waals surface area contributed by atoms with Gasteiger partial charge in [-0.2, -0.15) is 5.10 Å². The predicted molar refractivity (Wildman–Crippen MR) is 105 cm³/mol. The smallest absolute Gasteiger partial charge is 0.272 e. The number of carbonyl (C=O) groups is 1. The summed E-state index contributed by atoms with van der Waals surface area (Å²) in [5.74, 6) is -0.00255. The number of thiazole rings is 1. The molecule has 1 aliphatic heterocycles. The lowest BCUT2D eigenvalue weighted by Crippen LogP contribution is -2.36. The minimum absolute atomic E-state index is 0.00255. The van der Waals surface area contributed by atoms with Gasteiger partial charge in [-0.05, 0) is 30.7 Å². The van der Waals surface area contributed by atoms with Crippen LogP contribution in [0.25, 0.3) is 15.9 Å². The highest BCUT2D eigenvalue weighted by atomic mass is 32.1. The van der Waals surface area contributed by atoms with Crippen LogP contribution in [0.5, 0.6) is 0 Å². The van der Waals surface area contributed by atoms with Crippen LogP contribution in [0.4, 0.5) is 5.13 Å². The van der Waals surface area contributed by atoms with Crippen molar-refractivity contribution in [3.05, 3.63) is 54.5 Å². The Morgan fingerprint density at radius 1 is 1.00 bits per heavy atom. The van der Waals surface area contributed by atoms with Gasteiger partial charge >= 0.3 is 0 Å². The molecule has 1 saturated heterocycles. The van der Waals surface area contributed by atoms with Gasteiger partial charge < -0.3 is 9.80 Å². The first kappa shape index (κ1) is 16.2. The van der Waals surface area contributed by atoms with Gasteiger partial charge in [0, 0.05) is 26.2 Å². The zero-order valence-electron chi connectivity index (χ0n) is 14.7. The number of nitrogens with zero attached hydrogens (tertiary/aromatic N) is 6. The van der Waals surface area contributed by atoms with Gasteiger partial charge in [0.05, 0.1) is 10.2 Å². The van der Waals surface area contributed by atoms with Gasteiger partial charge in [0.25, 0.3) is 5.91 Å². The molecule has 0 saturated carbocycles. The van der Waals surface area contributed by atoms with Crippen molar-refractivity contribution in [2.75, 3.05) is 31.1 Å². The van der Waals surface area contributed by atoms with Gasteiger partial charge in [-0.1, -0.05) is 29.5 Å². The largest absolute Gasteiger partial charge is 0.346 e. The Morgan fingerprint density at radius 3 is 2.85 bits per heavy atom. The Balaban J connectivity index is 1.36. The Kier molecular flexibility index (Phi) is 3.97. The average Bonchev–Trinajstić information content (AvgIpc) is 3.28. The van der Waals surface area contributed by atoms with E-state index in [-0.39, 0.29) is 5.91 Å². The lowest BCUT2D eigenvalue weighted by atomic mass is 10.3. The van der Waals surface area contributed by atoms with E-state index in [1.807, 2.05) is 35.2 Å². The van der Waals surface area contributed by atoms with Crippen molar-refractivity contribution in [3.8, 4) is 0 Å². The third kappa shape index (κ3) is 2.91. The highest BCUT2D eigenvalue weighted by Gasteiger charge is 2.23. The number of hydrogen-bond donors (Lipinski definition) is 0. The first-order valence-corrected chi connectivity index (χ1v) is 9.80. The Morgan fingerprint density at radius 2 is 1.93 bits per heavy atom. The van der Waals surface area contributed by atoms with Crippen LogP contribution in [0.15, 0.2) is 48.8 Å². The molecule has 3 aromatic heterocycles. The minimum Gasteiger partial charge on any atom is -0.346 e. The number of benzene rings is 1. The van der Waals surface area contributed by atoms with Crippen LogP contribution in [0.3, 0.4) is 0 Å². The van der Waals surface area contributed by atoms with Crippen molar-refractivity contribution in [2.24, 2.45) is 0 Å². The second-order valence-electron chi connectivity index (χ2n) is 6.54. The third-order valence-electron chi connectivity index (χ3n) is 4.86. The molecule has 7 nitrogen and oxygen atoms in total. The van der Waals surface area contributed by atoms with Gasteiger partial charge in [0.1, 0.15) is 12.0 Å². The fraction of sp³-hybridized carbons (Fsp3) is 0.263. The monoisotopic (exact) mass is 378 g/mol. The molecule has 1 aliphatic rings. The molecule has 0 unspecified atom stereocenters. The summed E-state index contributed by atoms with van der Waals surface area (Å²) in [6.07, 6.45) is 2.39. The Labute approximate surface area is 159 Å². The van der Waals surface area contributed by atoms with Crippen molar-refractivity contribution >= 4 is 38.2 Å². The van der Waals surface area contributed by atoms with Crippen LogP contribution in [0.2, 0.25) is 0 Å². The topological polar surface area (TPSA) is 66.6 Å². The highest BCUT2D eigenvalue weighted by molar-refractivity contribution is 7.22. The van der Waals surface area contributed by atoms with Crippen molar-refractivity contribution in [1.82, 2.24) is 24.5 Å². The van der Waals surface area contributed by atoms with E-state index in [4.69, 9.17) is 4.98 Å². The van der Waals surface area contributed by atoms with E-state index in [0.717, 1.165) is 36.7 Å². The number of amides is 1. The molecule has 0 atom stereocenters. The molecule has 0 aliphatic carbocycles. The molecule has 4 heterocycles. The number of hydrogen-bond acceptors (Lipinski definition) is 6. The van der Waals surface area contributed by atoms with E-state index in [1.165, 1.54) is 11.0 Å². The molecule has 5 rings (SSSR count). The maximum Gasteiger partial charge on any atom is 0.272 e. The minimum atomic E-state index is -0.00255. The number of fused-ring (bicyclic) bond motifs is 2. The normalized spacial score (nSPS) is 15.4. The van der Waals surface area contributed by atoms with E-state index >= 15 is 0 Å². The average molecular weight is 378 g/mol. The fourth-order valence-electron chi connectivity index (χ4n) is 3.48.